The van der Waals surface area contributed by atoms with Crippen LogP contribution in [0.5, 0.6) is 0 Å². The Morgan fingerprint density at radius 2 is 2.07 bits per heavy atom. The first-order valence-electron chi connectivity index (χ1n) is 5.81. The molecule has 0 radical (unpaired) electrons. The summed E-state index contributed by atoms with van der Waals surface area (Å²) in [5.41, 5.74) is 2.80. The smallest absolute Gasteiger partial charge is 0.0188 e. The van der Waals surface area contributed by atoms with Crippen molar-refractivity contribution in [1.82, 2.24) is 0 Å². The maximum atomic E-state index is 3.78. The Hall–Kier alpha value is -0.300. The van der Waals surface area contributed by atoms with Gasteiger partial charge in [0.1, 0.15) is 0 Å². The highest BCUT2D eigenvalue weighted by atomic mass is 79.9. The molecule has 0 heterocycles. The van der Waals surface area contributed by atoms with E-state index >= 15 is 0 Å². The van der Waals surface area contributed by atoms with Crippen LogP contribution in [0, 0.1) is 12.8 Å². The molecule has 15 heavy (non-hydrogen) atoms. The summed E-state index contributed by atoms with van der Waals surface area (Å²) < 4.78 is 0. The van der Waals surface area contributed by atoms with E-state index in [-0.39, 0.29) is 0 Å². The van der Waals surface area contributed by atoms with Crippen LogP contribution in [0.4, 0.5) is 0 Å². The molecular formula is C14H21Br. The Morgan fingerprint density at radius 3 is 2.67 bits per heavy atom. The van der Waals surface area contributed by atoms with E-state index in [0.717, 1.165) is 12.3 Å². The fourth-order valence-electron chi connectivity index (χ4n) is 1.78. The Bertz CT molecular complexity index is 293. The van der Waals surface area contributed by atoms with E-state index in [0.29, 0.717) is 4.83 Å². The summed E-state index contributed by atoms with van der Waals surface area (Å²) in [4.78, 5) is 0.620. The van der Waals surface area contributed by atoms with Gasteiger partial charge in [-0.05, 0) is 31.2 Å². The standard InChI is InChI=1S/C14H21Br/c1-4-11(2)9-14(15)10-13-7-5-6-12(3)8-13/h5-8,11,14H,4,9-10H2,1-3H3. The van der Waals surface area contributed by atoms with Crippen LogP contribution >= 0.6 is 15.9 Å². The van der Waals surface area contributed by atoms with Crippen molar-refractivity contribution in [2.45, 2.75) is 44.9 Å². The third-order valence-corrected chi connectivity index (χ3v) is 3.59. The van der Waals surface area contributed by atoms with Crippen molar-refractivity contribution in [3.05, 3.63) is 35.4 Å². The predicted molar refractivity (Wildman–Crippen MR) is 71.7 cm³/mol. The Kier molecular flexibility index (Phi) is 5.38. The van der Waals surface area contributed by atoms with Crippen molar-refractivity contribution in [2.24, 2.45) is 5.92 Å². The lowest BCUT2D eigenvalue weighted by atomic mass is 9.98. The summed E-state index contributed by atoms with van der Waals surface area (Å²) in [6.07, 6.45) is 3.69. The first-order chi connectivity index (χ1) is 7.11. The molecule has 2 unspecified atom stereocenters. The van der Waals surface area contributed by atoms with Gasteiger partial charge in [0.15, 0.2) is 0 Å². The van der Waals surface area contributed by atoms with Crippen molar-refractivity contribution in [2.75, 3.05) is 0 Å². The molecule has 0 N–H and O–H groups in total. The minimum Gasteiger partial charge on any atom is -0.0887 e. The molecule has 0 aromatic heterocycles. The molecule has 1 aromatic carbocycles. The van der Waals surface area contributed by atoms with Gasteiger partial charge in [-0.25, -0.2) is 0 Å². The van der Waals surface area contributed by atoms with E-state index in [1.807, 2.05) is 0 Å². The molecule has 0 nitrogen and oxygen atoms in total. The fraction of sp³-hybridized carbons (Fsp3) is 0.571. The van der Waals surface area contributed by atoms with Crippen LogP contribution in [0.2, 0.25) is 0 Å². The molecule has 0 aliphatic carbocycles. The van der Waals surface area contributed by atoms with E-state index in [1.54, 1.807) is 0 Å². The van der Waals surface area contributed by atoms with Crippen LogP contribution in [0.25, 0.3) is 0 Å². The quantitative estimate of drug-likeness (QED) is 0.677. The van der Waals surface area contributed by atoms with Gasteiger partial charge in [-0.3, -0.25) is 0 Å². The second-order valence-electron chi connectivity index (χ2n) is 4.54. The highest BCUT2D eigenvalue weighted by Crippen LogP contribution is 2.20. The van der Waals surface area contributed by atoms with Gasteiger partial charge >= 0.3 is 0 Å². The number of alkyl halides is 1. The Labute approximate surface area is 102 Å². The molecule has 0 bridgehead atoms. The van der Waals surface area contributed by atoms with Crippen LogP contribution in [-0.2, 0) is 6.42 Å². The van der Waals surface area contributed by atoms with Crippen LogP contribution in [0.15, 0.2) is 24.3 Å². The Morgan fingerprint density at radius 1 is 1.33 bits per heavy atom. The van der Waals surface area contributed by atoms with Gasteiger partial charge < -0.3 is 0 Å². The normalized spacial score (nSPS) is 14.9. The predicted octanol–water partition coefficient (Wildman–Crippen LogP) is 4.74. The third kappa shape index (κ3) is 4.83. The molecule has 1 heteroatoms. The van der Waals surface area contributed by atoms with Crippen molar-refractivity contribution < 1.29 is 0 Å². The third-order valence-electron chi connectivity index (χ3n) is 2.89. The zero-order valence-electron chi connectivity index (χ0n) is 9.96. The lowest BCUT2D eigenvalue weighted by Crippen LogP contribution is -2.08. The lowest BCUT2D eigenvalue weighted by molar-refractivity contribution is 0.507. The van der Waals surface area contributed by atoms with Gasteiger partial charge in [0.2, 0.25) is 0 Å². The van der Waals surface area contributed by atoms with E-state index in [2.05, 4.69) is 61.0 Å². The van der Waals surface area contributed by atoms with E-state index in [9.17, 15) is 0 Å². The first-order valence-corrected chi connectivity index (χ1v) is 6.73. The average molecular weight is 269 g/mol. The zero-order valence-corrected chi connectivity index (χ0v) is 11.5. The molecule has 0 amide bonds. The van der Waals surface area contributed by atoms with Crippen molar-refractivity contribution in [3.63, 3.8) is 0 Å². The minimum atomic E-state index is 0.620. The van der Waals surface area contributed by atoms with Gasteiger partial charge in [0.05, 0.1) is 0 Å². The molecule has 0 saturated carbocycles. The van der Waals surface area contributed by atoms with Crippen LogP contribution in [0.3, 0.4) is 0 Å². The van der Waals surface area contributed by atoms with Gasteiger partial charge in [-0.15, -0.1) is 0 Å². The zero-order chi connectivity index (χ0) is 11.3. The highest BCUT2D eigenvalue weighted by molar-refractivity contribution is 9.09. The number of aryl methyl sites for hydroxylation is 1. The van der Waals surface area contributed by atoms with E-state index in [1.165, 1.54) is 24.0 Å². The van der Waals surface area contributed by atoms with Gasteiger partial charge in [0.25, 0.3) is 0 Å². The van der Waals surface area contributed by atoms with Crippen LogP contribution in [-0.4, -0.2) is 4.83 Å². The molecule has 0 fully saturated rings. The molecule has 1 aromatic rings. The van der Waals surface area contributed by atoms with Crippen molar-refractivity contribution in [3.8, 4) is 0 Å². The number of hydrogen-bond acceptors (Lipinski definition) is 0. The van der Waals surface area contributed by atoms with E-state index in [4.69, 9.17) is 0 Å². The second kappa shape index (κ2) is 6.32. The van der Waals surface area contributed by atoms with Crippen LogP contribution < -0.4 is 0 Å². The molecule has 2 atom stereocenters. The molecule has 1 rings (SSSR count). The summed E-state index contributed by atoms with van der Waals surface area (Å²) >= 11 is 3.78. The maximum absolute atomic E-state index is 3.78. The largest absolute Gasteiger partial charge is 0.0887 e. The van der Waals surface area contributed by atoms with Gasteiger partial charge in [-0.1, -0.05) is 66.0 Å². The molecule has 0 aliphatic rings. The lowest BCUT2D eigenvalue weighted by Gasteiger charge is -2.14. The maximum Gasteiger partial charge on any atom is 0.0188 e. The Balaban J connectivity index is 2.47. The highest BCUT2D eigenvalue weighted by Gasteiger charge is 2.09. The molecule has 0 saturated heterocycles. The molecule has 84 valence electrons. The summed E-state index contributed by atoms with van der Waals surface area (Å²) in [6, 6.07) is 8.80. The molecular weight excluding hydrogens is 248 g/mol. The average Bonchev–Trinajstić information content (AvgIpc) is 2.17. The van der Waals surface area contributed by atoms with Crippen molar-refractivity contribution >= 4 is 15.9 Å². The summed E-state index contributed by atoms with van der Waals surface area (Å²) in [5, 5.41) is 0. The molecule has 0 spiro atoms. The van der Waals surface area contributed by atoms with Gasteiger partial charge in [-0.2, -0.15) is 0 Å². The second-order valence-corrected chi connectivity index (χ2v) is 5.83. The summed E-state index contributed by atoms with van der Waals surface area (Å²) in [6.45, 7) is 6.74. The number of hydrogen-bond donors (Lipinski definition) is 0. The van der Waals surface area contributed by atoms with Crippen molar-refractivity contribution in [1.29, 1.82) is 0 Å². The number of rotatable bonds is 5. The van der Waals surface area contributed by atoms with Gasteiger partial charge in [0, 0.05) is 4.83 Å². The summed E-state index contributed by atoms with van der Waals surface area (Å²) in [5.74, 6) is 0.819. The van der Waals surface area contributed by atoms with E-state index < -0.39 is 0 Å². The monoisotopic (exact) mass is 268 g/mol. The molecule has 0 aliphatic heterocycles. The first kappa shape index (κ1) is 12.8. The minimum absolute atomic E-state index is 0.620. The fourth-order valence-corrected chi connectivity index (χ4v) is 2.79. The number of halogens is 1. The topological polar surface area (TPSA) is 0 Å². The summed E-state index contributed by atoms with van der Waals surface area (Å²) in [7, 11) is 0. The van der Waals surface area contributed by atoms with Crippen LogP contribution in [0.1, 0.15) is 37.8 Å². The SMILES string of the molecule is CCC(C)CC(Br)Cc1cccc(C)c1. The number of benzene rings is 1.